The summed E-state index contributed by atoms with van der Waals surface area (Å²) in [5.74, 6) is 0.226. The summed E-state index contributed by atoms with van der Waals surface area (Å²) in [5, 5.41) is 3.32. The van der Waals surface area contributed by atoms with Gasteiger partial charge in [0.05, 0.1) is 29.7 Å². The number of anilines is 1. The molecule has 1 saturated heterocycles. The molecule has 1 aromatic carbocycles. The number of hydrogen-bond donors (Lipinski definition) is 1. The standard InChI is InChI=1S/C29H35FN8O2/c1-29(2,3)40-28(39)37-16-10-23(11-17-37)38-20-34-25(21-5-7-22(30)8-6-21)26(38)24-9-13-33-27(35-24)32-12-4-15-36-18-14-31-19-36/h5-9,13-14,18-20,23H,4,10-12,15-17H2,1-3H3,(H,32,33,35). The van der Waals surface area contributed by atoms with Crippen LogP contribution in [0.25, 0.3) is 22.6 Å². The molecule has 1 N–H and O–H groups in total. The number of aromatic nitrogens is 6. The summed E-state index contributed by atoms with van der Waals surface area (Å²) in [4.78, 5) is 32.4. The third kappa shape index (κ3) is 6.64. The number of nitrogens with zero attached hydrogens (tertiary/aromatic N) is 7. The highest BCUT2D eigenvalue weighted by Crippen LogP contribution is 2.35. The Hall–Kier alpha value is -4.28. The number of amides is 1. The normalized spacial score (nSPS) is 14.3. The van der Waals surface area contributed by atoms with E-state index in [2.05, 4.69) is 19.9 Å². The van der Waals surface area contributed by atoms with Crippen molar-refractivity contribution in [2.45, 2.75) is 58.2 Å². The minimum atomic E-state index is -0.534. The van der Waals surface area contributed by atoms with Gasteiger partial charge in [-0.3, -0.25) is 0 Å². The quantitative estimate of drug-likeness (QED) is 0.295. The van der Waals surface area contributed by atoms with E-state index in [1.165, 1.54) is 12.1 Å². The van der Waals surface area contributed by atoms with E-state index in [1.54, 1.807) is 35.8 Å². The van der Waals surface area contributed by atoms with E-state index in [0.29, 0.717) is 25.6 Å². The molecule has 3 aromatic heterocycles. The van der Waals surface area contributed by atoms with Crippen LogP contribution in [0.1, 0.15) is 46.1 Å². The molecule has 1 fully saturated rings. The number of rotatable bonds is 8. The van der Waals surface area contributed by atoms with E-state index in [-0.39, 0.29) is 18.0 Å². The monoisotopic (exact) mass is 546 g/mol. The first-order valence-corrected chi connectivity index (χ1v) is 13.6. The van der Waals surface area contributed by atoms with Crippen LogP contribution in [0.5, 0.6) is 0 Å². The van der Waals surface area contributed by atoms with Crippen LogP contribution in [0, 0.1) is 5.82 Å². The van der Waals surface area contributed by atoms with Gasteiger partial charge in [-0.15, -0.1) is 0 Å². The molecule has 11 heteroatoms. The molecule has 5 rings (SSSR count). The van der Waals surface area contributed by atoms with Crippen molar-refractivity contribution < 1.29 is 13.9 Å². The maximum Gasteiger partial charge on any atom is 0.410 e. The summed E-state index contributed by atoms with van der Waals surface area (Å²) >= 11 is 0. The summed E-state index contributed by atoms with van der Waals surface area (Å²) < 4.78 is 23.4. The second-order valence-corrected chi connectivity index (χ2v) is 10.9. The fourth-order valence-electron chi connectivity index (χ4n) is 4.82. The number of piperidine rings is 1. The number of carbonyl (C=O) groups is 1. The molecule has 0 aliphatic carbocycles. The van der Waals surface area contributed by atoms with E-state index in [4.69, 9.17) is 14.7 Å². The molecule has 4 aromatic rings. The number of benzene rings is 1. The van der Waals surface area contributed by atoms with Crippen molar-refractivity contribution in [3.05, 3.63) is 67.4 Å². The average Bonchev–Trinajstić information content (AvgIpc) is 3.61. The molecular formula is C29H35FN8O2. The minimum absolute atomic E-state index is 0.108. The van der Waals surface area contributed by atoms with Crippen molar-refractivity contribution in [2.24, 2.45) is 0 Å². The van der Waals surface area contributed by atoms with Crippen LogP contribution in [0.3, 0.4) is 0 Å². The van der Waals surface area contributed by atoms with Gasteiger partial charge in [0.15, 0.2) is 0 Å². The lowest BCUT2D eigenvalue weighted by molar-refractivity contribution is 0.0189. The Kier molecular flexibility index (Phi) is 8.09. The van der Waals surface area contributed by atoms with Gasteiger partial charge < -0.3 is 24.1 Å². The van der Waals surface area contributed by atoms with Gasteiger partial charge in [0, 0.05) is 56.4 Å². The highest BCUT2D eigenvalue weighted by atomic mass is 19.1. The van der Waals surface area contributed by atoms with Crippen LogP contribution in [0.15, 0.2) is 61.6 Å². The van der Waals surface area contributed by atoms with E-state index in [1.807, 2.05) is 43.9 Å². The van der Waals surface area contributed by atoms with Crippen molar-refractivity contribution in [1.29, 1.82) is 0 Å². The molecular weight excluding hydrogens is 511 g/mol. The molecule has 0 radical (unpaired) electrons. The maximum atomic E-state index is 13.7. The average molecular weight is 547 g/mol. The lowest BCUT2D eigenvalue weighted by Crippen LogP contribution is -2.42. The number of aryl methyl sites for hydroxylation is 1. The lowest BCUT2D eigenvalue weighted by atomic mass is 10.0. The Balaban J connectivity index is 1.37. The zero-order valence-electron chi connectivity index (χ0n) is 23.1. The third-order valence-electron chi connectivity index (χ3n) is 6.75. The smallest absolute Gasteiger partial charge is 0.410 e. The van der Waals surface area contributed by atoms with Crippen LogP contribution in [0.2, 0.25) is 0 Å². The van der Waals surface area contributed by atoms with E-state index >= 15 is 0 Å². The number of hydrogen-bond acceptors (Lipinski definition) is 7. The fourth-order valence-corrected chi connectivity index (χ4v) is 4.82. The van der Waals surface area contributed by atoms with Crippen molar-refractivity contribution in [3.63, 3.8) is 0 Å². The topological polar surface area (TPSA) is 103 Å². The van der Waals surface area contributed by atoms with Crippen LogP contribution in [-0.2, 0) is 11.3 Å². The summed E-state index contributed by atoms with van der Waals surface area (Å²) in [6.07, 6.45) is 11.2. The first kappa shape index (κ1) is 27.3. The predicted octanol–water partition coefficient (Wildman–Crippen LogP) is 5.42. The maximum absolute atomic E-state index is 13.7. The third-order valence-corrected chi connectivity index (χ3v) is 6.75. The Labute approximate surface area is 233 Å². The van der Waals surface area contributed by atoms with Crippen LogP contribution in [0.4, 0.5) is 15.1 Å². The Morgan fingerprint density at radius 2 is 1.85 bits per heavy atom. The molecule has 1 aliphatic rings. The molecule has 1 aliphatic heterocycles. The van der Waals surface area contributed by atoms with Crippen molar-refractivity contribution >= 4 is 12.0 Å². The van der Waals surface area contributed by atoms with Gasteiger partial charge in [-0.2, -0.15) is 0 Å². The van der Waals surface area contributed by atoms with Crippen molar-refractivity contribution in [2.75, 3.05) is 25.0 Å². The fraction of sp³-hybridized carbons (Fsp3) is 0.414. The number of carbonyl (C=O) groups excluding carboxylic acids is 1. The van der Waals surface area contributed by atoms with Crippen molar-refractivity contribution in [1.82, 2.24) is 34.0 Å². The van der Waals surface area contributed by atoms with Crippen molar-refractivity contribution in [3.8, 4) is 22.6 Å². The number of likely N-dealkylation sites (tertiary alicyclic amines) is 1. The summed E-state index contributed by atoms with van der Waals surface area (Å²) in [7, 11) is 0. The number of imidazole rings is 2. The number of nitrogens with one attached hydrogen (secondary N) is 1. The molecule has 0 saturated carbocycles. The van der Waals surface area contributed by atoms with Crippen LogP contribution >= 0.6 is 0 Å². The van der Waals surface area contributed by atoms with Crippen LogP contribution < -0.4 is 5.32 Å². The highest BCUT2D eigenvalue weighted by molar-refractivity contribution is 5.77. The van der Waals surface area contributed by atoms with E-state index in [9.17, 15) is 9.18 Å². The van der Waals surface area contributed by atoms with Gasteiger partial charge in [-0.1, -0.05) is 0 Å². The first-order chi connectivity index (χ1) is 19.3. The van der Waals surface area contributed by atoms with Gasteiger partial charge in [-0.05, 0) is 70.4 Å². The van der Waals surface area contributed by atoms with E-state index < -0.39 is 5.60 Å². The minimum Gasteiger partial charge on any atom is -0.444 e. The lowest BCUT2D eigenvalue weighted by Gasteiger charge is -2.34. The Bertz CT molecular complexity index is 1400. The van der Waals surface area contributed by atoms with Crippen LogP contribution in [-0.4, -0.2) is 65.3 Å². The number of ether oxygens (including phenoxy) is 1. The van der Waals surface area contributed by atoms with Gasteiger partial charge in [0.25, 0.3) is 0 Å². The highest BCUT2D eigenvalue weighted by Gasteiger charge is 2.30. The summed E-state index contributed by atoms with van der Waals surface area (Å²) in [6, 6.07) is 8.31. The molecule has 0 bridgehead atoms. The zero-order valence-corrected chi connectivity index (χ0v) is 23.1. The SMILES string of the molecule is CC(C)(C)OC(=O)N1CCC(n2cnc(-c3ccc(F)cc3)c2-c2ccnc(NCCCn3ccnc3)n2)CC1. The van der Waals surface area contributed by atoms with E-state index in [0.717, 1.165) is 48.5 Å². The van der Waals surface area contributed by atoms with Gasteiger partial charge in [0.1, 0.15) is 11.4 Å². The summed E-state index contributed by atoms with van der Waals surface area (Å²) in [6.45, 7) is 8.32. The number of halogens is 1. The molecule has 10 nitrogen and oxygen atoms in total. The van der Waals surface area contributed by atoms with Gasteiger partial charge in [0.2, 0.25) is 5.95 Å². The Morgan fingerprint density at radius 3 is 2.55 bits per heavy atom. The molecule has 210 valence electrons. The predicted molar refractivity (Wildman–Crippen MR) is 150 cm³/mol. The largest absolute Gasteiger partial charge is 0.444 e. The first-order valence-electron chi connectivity index (χ1n) is 13.6. The molecule has 0 spiro atoms. The molecule has 4 heterocycles. The molecule has 0 unspecified atom stereocenters. The zero-order chi connectivity index (χ0) is 28.1. The molecule has 0 atom stereocenters. The molecule has 1 amide bonds. The Morgan fingerprint density at radius 1 is 1.07 bits per heavy atom. The van der Waals surface area contributed by atoms with Gasteiger partial charge in [-0.25, -0.2) is 29.1 Å². The second-order valence-electron chi connectivity index (χ2n) is 10.9. The van der Waals surface area contributed by atoms with Gasteiger partial charge >= 0.3 is 6.09 Å². The second kappa shape index (κ2) is 11.8. The molecule has 40 heavy (non-hydrogen) atoms. The summed E-state index contributed by atoms with van der Waals surface area (Å²) in [5.41, 5.74) is 2.55.